The molecule has 1 saturated carbocycles. The lowest BCUT2D eigenvalue weighted by Gasteiger charge is -2.43. The Bertz CT molecular complexity index is 530. The minimum Gasteiger partial charge on any atom is -0.357 e. The van der Waals surface area contributed by atoms with Crippen molar-refractivity contribution < 1.29 is 0 Å². The van der Waals surface area contributed by atoms with Crippen LogP contribution in [0.25, 0.3) is 0 Å². The van der Waals surface area contributed by atoms with Crippen LogP contribution < -0.4 is 4.90 Å². The lowest BCUT2D eigenvalue weighted by atomic mass is 9.73. The molecule has 0 spiro atoms. The number of rotatable bonds is 2. The van der Waals surface area contributed by atoms with Gasteiger partial charge in [0.15, 0.2) is 0 Å². The van der Waals surface area contributed by atoms with Crippen LogP contribution in [0, 0.1) is 38.5 Å². The Labute approximate surface area is 142 Å². The summed E-state index contributed by atoms with van der Waals surface area (Å²) in [6.45, 7) is 17.6. The number of benzene rings is 1. The minimum absolute atomic E-state index is 0.766. The van der Waals surface area contributed by atoms with E-state index in [9.17, 15) is 0 Å². The van der Waals surface area contributed by atoms with E-state index in [0.29, 0.717) is 0 Å². The summed E-state index contributed by atoms with van der Waals surface area (Å²) in [7, 11) is 0. The molecule has 0 radical (unpaired) electrons. The Balaban J connectivity index is 1.76. The number of nitrogens with zero attached hydrogens (tertiary/aromatic N) is 2. The second kappa shape index (κ2) is 6.47. The molecule has 128 valence electrons. The van der Waals surface area contributed by atoms with E-state index < -0.39 is 0 Å². The van der Waals surface area contributed by atoms with Gasteiger partial charge in [0.2, 0.25) is 0 Å². The van der Waals surface area contributed by atoms with E-state index in [4.69, 9.17) is 0 Å². The van der Waals surface area contributed by atoms with E-state index in [1.165, 1.54) is 48.3 Å². The normalized spacial score (nSPS) is 32.5. The summed E-state index contributed by atoms with van der Waals surface area (Å²) in [6.07, 6.45) is 2.79. The summed E-state index contributed by atoms with van der Waals surface area (Å²) < 4.78 is 0. The highest BCUT2D eigenvalue weighted by Crippen LogP contribution is 2.38. The van der Waals surface area contributed by atoms with Crippen LogP contribution in [0.1, 0.15) is 50.3 Å². The molecule has 0 amide bonds. The first-order valence-electron chi connectivity index (χ1n) is 9.43. The van der Waals surface area contributed by atoms with Gasteiger partial charge in [0.05, 0.1) is 6.67 Å². The molecule has 1 aliphatic carbocycles. The van der Waals surface area contributed by atoms with Gasteiger partial charge in [0, 0.05) is 24.8 Å². The van der Waals surface area contributed by atoms with Crippen molar-refractivity contribution in [3.63, 3.8) is 0 Å². The van der Waals surface area contributed by atoms with Crippen LogP contribution in [-0.4, -0.2) is 30.7 Å². The summed E-state index contributed by atoms with van der Waals surface area (Å²) in [6, 6.07) is 5.43. The third-order valence-electron chi connectivity index (χ3n) is 6.10. The molecule has 3 unspecified atom stereocenters. The third kappa shape index (κ3) is 3.28. The minimum atomic E-state index is 0.766. The largest absolute Gasteiger partial charge is 0.357 e. The fourth-order valence-corrected chi connectivity index (χ4v) is 5.63. The van der Waals surface area contributed by atoms with Gasteiger partial charge in [-0.1, -0.05) is 38.5 Å². The van der Waals surface area contributed by atoms with Crippen molar-refractivity contribution >= 4 is 5.69 Å². The molecule has 2 heteroatoms. The molecule has 23 heavy (non-hydrogen) atoms. The molecule has 2 aliphatic rings. The van der Waals surface area contributed by atoms with Gasteiger partial charge in [-0.15, -0.1) is 0 Å². The lowest BCUT2D eigenvalue weighted by Crippen LogP contribution is -2.47. The van der Waals surface area contributed by atoms with Crippen molar-refractivity contribution in [2.75, 3.05) is 24.7 Å². The molecular formula is C21H34N2. The van der Waals surface area contributed by atoms with Crippen LogP contribution in [0.5, 0.6) is 0 Å². The van der Waals surface area contributed by atoms with Gasteiger partial charge in [-0.05, 0) is 62.5 Å². The van der Waals surface area contributed by atoms with Crippen molar-refractivity contribution in [3.05, 3.63) is 28.8 Å². The number of hydrogen-bond acceptors (Lipinski definition) is 2. The number of aryl methyl sites for hydroxylation is 3. The average Bonchev–Trinajstić information content (AvgIpc) is 2.85. The maximum atomic E-state index is 2.76. The first kappa shape index (κ1) is 16.8. The first-order valence-corrected chi connectivity index (χ1v) is 9.43. The third-order valence-corrected chi connectivity index (χ3v) is 6.10. The molecule has 0 N–H and O–H groups in total. The molecule has 1 aliphatic heterocycles. The predicted molar refractivity (Wildman–Crippen MR) is 100 cm³/mol. The zero-order valence-corrected chi connectivity index (χ0v) is 15.9. The van der Waals surface area contributed by atoms with Gasteiger partial charge in [-0.3, -0.25) is 4.90 Å². The quantitative estimate of drug-likeness (QED) is 0.776. The maximum Gasteiger partial charge on any atom is 0.0711 e. The SMILES string of the molecule is Cc1cc(C)c(N2CCN(C3C(C)CC(C)C[C@H]3C)C2)c(C)c1. The van der Waals surface area contributed by atoms with Crippen LogP contribution in [0.4, 0.5) is 5.69 Å². The number of hydrogen-bond donors (Lipinski definition) is 0. The summed E-state index contributed by atoms with van der Waals surface area (Å²) >= 11 is 0. The Morgan fingerprint density at radius 3 is 2.00 bits per heavy atom. The van der Waals surface area contributed by atoms with Crippen LogP contribution in [0.15, 0.2) is 12.1 Å². The van der Waals surface area contributed by atoms with Crippen LogP contribution in [0.2, 0.25) is 0 Å². The van der Waals surface area contributed by atoms with Crippen LogP contribution in [0.3, 0.4) is 0 Å². The second-order valence-corrected chi connectivity index (χ2v) is 8.49. The second-order valence-electron chi connectivity index (χ2n) is 8.49. The van der Waals surface area contributed by atoms with E-state index in [-0.39, 0.29) is 0 Å². The Morgan fingerprint density at radius 2 is 1.43 bits per heavy atom. The highest BCUT2D eigenvalue weighted by atomic mass is 15.4. The van der Waals surface area contributed by atoms with E-state index in [1.807, 2.05) is 0 Å². The molecule has 4 atom stereocenters. The molecule has 1 aromatic rings. The lowest BCUT2D eigenvalue weighted by molar-refractivity contribution is 0.0680. The van der Waals surface area contributed by atoms with Crippen molar-refractivity contribution in [2.45, 2.75) is 60.4 Å². The van der Waals surface area contributed by atoms with E-state index >= 15 is 0 Å². The summed E-state index contributed by atoms with van der Waals surface area (Å²) in [4.78, 5) is 5.38. The Kier molecular flexibility index (Phi) is 4.73. The van der Waals surface area contributed by atoms with Crippen molar-refractivity contribution in [2.24, 2.45) is 17.8 Å². The fourth-order valence-electron chi connectivity index (χ4n) is 5.63. The highest BCUT2D eigenvalue weighted by Gasteiger charge is 2.38. The van der Waals surface area contributed by atoms with Crippen molar-refractivity contribution in [1.29, 1.82) is 0 Å². The van der Waals surface area contributed by atoms with Gasteiger partial charge >= 0.3 is 0 Å². The highest BCUT2D eigenvalue weighted by molar-refractivity contribution is 5.60. The van der Waals surface area contributed by atoms with Crippen LogP contribution >= 0.6 is 0 Å². The Morgan fingerprint density at radius 1 is 0.870 bits per heavy atom. The standard InChI is InChI=1S/C21H34N2/c1-14-9-16(3)20(17(4)10-14)22-7-8-23(13-22)21-18(5)11-15(2)12-19(21)6/h9-10,15,18-19,21H,7-8,11-13H2,1-6H3/t15?,18-,19?,21?/m1/s1. The van der Waals surface area contributed by atoms with Gasteiger partial charge in [0.25, 0.3) is 0 Å². The molecule has 0 aromatic heterocycles. The topological polar surface area (TPSA) is 6.48 Å². The summed E-state index contributed by atoms with van der Waals surface area (Å²) in [5.41, 5.74) is 5.72. The molecule has 1 saturated heterocycles. The molecule has 0 bridgehead atoms. The van der Waals surface area contributed by atoms with E-state index in [0.717, 1.165) is 30.5 Å². The smallest absolute Gasteiger partial charge is 0.0711 e. The van der Waals surface area contributed by atoms with Gasteiger partial charge in [-0.2, -0.15) is 0 Å². The summed E-state index contributed by atoms with van der Waals surface area (Å²) in [5.74, 6) is 2.55. The Hall–Kier alpha value is -1.02. The summed E-state index contributed by atoms with van der Waals surface area (Å²) in [5, 5.41) is 0. The molecule has 2 fully saturated rings. The van der Waals surface area contributed by atoms with E-state index in [1.54, 1.807) is 0 Å². The average molecular weight is 315 g/mol. The van der Waals surface area contributed by atoms with Crippen molar-refractivity contribution in [3.8, 4) is 0 Å². The molecule has 1 aromatic carbocycles. The van der Waals surface area contributed by atoms with Gasteiger partial charge < -0.3 is 4.90 Å². The predicted octanol–water partition coefficient (Wildman–Crippen LogP) is 4.76. The molecule has 1 heterocycles. The molecule has 2 nitrogen and oxygen atoms in total. The van der Waals surface area contributed by atoms with Gasteiger partial charge in [0.1, 0.15) is 0 Å². The molecule has 3 rings (SSSR count). The molecular weight excluding hydrogens is 280 g/mol. The fraction of sp³-hybridized carbons (Fsp3) is 0.714. The van der Waals surface area contributed by atoms with E-state index in [2.05, 4.69) is 63.5 Å². The maximum absolute atomic E-state index is 2.76. The monoisotopic (exact) mass is 314 g/mol. The van der Waals surface area contributed by atoms with Crippen molar-refractivity contribution in [1.82, 2.24) is 4.90 Å². The zero-order valence-electron chi connectivity index (χ0n) is 15.9. The number of anilines is 1. The van der Waals surface area contributed by atoms with Gasteiger partial charge in [-0.25, -0.2) is 0 Å². The zero-order chi connectivity index (χ0) is 16.7. The first-order chi connectivity index (χ1) is 10.9. The van der Waals surface area contributed by atoms with Crippen LogP contribution in [-0.2, 0) is 0 Å².